The number of rotatable bonds is 16. The van der Waals surface area contributed by atoms with Gasteiger partial charge in [0, 0.05) is 0 Å². The first-order valence-corrected chi connectivity index (χ1v) is 18.3. The van der Waals surface area contributed by atoms with Gasteiger partial charge in [0.25, 0.3) is 10.0 Å². The number of hydrazone groups is 1. The Kier molecular flexibility index (Phi) is 12.6. The van der Waals surface area contributed by atoms with E-state index in [1.807, 2.05) is 128 Å². The van der Waals surface area contributed by atoms with E-state index in [1.54, 1.807) is 12.1 Å². The van der Waals surface area contributed by atoms with Crippen molar-refractivity contribution in [1.29, 1.82) is 0 Å². The van der Waals surface area contributed by atoms with Crippen molar-refractivity contribution in [1.82, 2.24) is 4.83 Å². The summed E-state index contributed by atoms with van der Waals surface area (Å²) in [5, 5.41) is 4.36. The van der Waals surface area contributed by atoms with Crippen molar-refractivity contribution in [2.75, 3.05) is 6.61 Å². The minimum Gasteiger partial charge on any atom is -0.469 e. The molecule has 10 heteroatoms. The van der Waals surface area contributed by atoms with E-state index in [1.165, 1.54) is 12.1 Å². The summed E-state index contributed by atoms with van der Waals surface area (Å²) in [7, 11) is -4.05. The van der Waals surface area contributed by atoms with E-state index in [-0.39, 0.29) is 37.2 Å². The number of aryl methyl sites for hydroxylation is 1. The third kappa shape index (κ3) is 10.3. The standard InChI is InChI=1S/C41H42N2O7S/c1-31-22-24-36(25-23-31)51(44,45)43-42-41-40(49-29-35-20-12-5-13-21-35)39(48-28-34-18-10-4-11-19-34)38(47-27-33-16-8-3-9-17-33)37(50-41)30-46-26-32-14-6-2-7-15-32/h2-25,37-40,43H,26-30H2,1H3/b42-41+/t37-,38-,39+,40-/m1/s1. The molecule has 1 aliphatic heterocycles. The molecule has 0 unspecified atom stereocenters. The number of nitrogens with one attached hydrogen (secondary N) is 1. The number of hydrogen-bond acceptors (Lipinski definition) is 8. The molecule has 0 aliphatic carbocycles. The lowest BCUT2D eigenvalue weighted by Crippen LogP contribution is -2.60. The van der Waals surface area contributed by atoms with Gasteiger partial charge in [-0.1, -0.05) is 139 Å². The predicted molar refractivity (Wildman–Crippen MR) is 195 cm³/mol. The molecule has 1 fully saturated rings. The average molecular weight is 707 g/mol. The lowest BCUT2D eigenvalue weighted by molar-refractivity contribution is -0.196. The van der Waals surface area contributed by atoms with E-state index in [0.29, 0.717) is 6.61 Å². The molecule has 5 aromatic rings. The molecular weight excluding hydrogens is 665 g/mol. The fourth-order valence-electron chi connectivity index (χ4n) is 5.62. The van der Waals surface area contributed by atoms with Gasteiger partial charge in [-0.3, -0.25) is 0 Å². The highest BCUT2D eigenvalue weighted by molar-refractivity contribution is 7.89. The van der Waals surface area contributed by atoms with Crippen molar-refractivity contribution in [3.63, 3.8) is 0 Å². The summed E-state index contributed by atoms with van der Waals surface area (Å²) in [6.07, 6.45) is -3.17. The molecule has 1 aliphatic rings. The molecule has 0 amide bonds. The maximum absolute atomic E-state index is 13.4. The topological polar surface area (TPSA) is 105 Å². The number of nitrogens with zero attached hydrogens (tertiary/aromatic N) is 1. The van der Waals surface area contributed by atoms with Crippen molar-refractivity contribution < 1.29 is 32.1 Å². The van der Waals surface area contributed by atoms with Gasteiger partial charge in [0.15, 0.2) is 12.2 Å². The summed E-state index contributed by atoms with van der Waals surface area (Å²) in [6, 6.07) is 45.6. The van der Waals surface area contributed by atoms with Crippen LogP contribution in [0.5, 0.6) is 0 Å². The highest BCUT2D eigenvalue weighted by atomic mass is 32.2. The Morgan fingerprint density at radius 2 is 1.04 bits per heavy atom. The second kappa shape index (κ2) is 17.9. The summed E-state index contributed by atoms with van der Waals surface area (Å²) in [5.74, 6) is 0.00699. The smallest absolute Gasteiger partial charge is 0.276 e. The molecule has 0 saturated carbocycles. The van der Waals surface area contributed by atoms with Gasteiger partial charge in [-0.15, -0.1) is 5.10 Å². The first kappa shape index (κ1) is 36.0. The maximum Gasteiger partial charge on any atom is 0.276 e. The lowest BCUT2D eigenvalue weighted by Gasteiger charge is -2.42. The van der Waals surface area contributed by atoms with Crippen LogP contribution < -0.4 is 4.83 Å². The van der Waals surface area contributed by atoms with Gasteiger partial charge in [-0.25, -0.2) is 0 Å². The van der Waals surface area contributed by atoms with E-state index in [9.17, 15) is 8.42 Å². The fraction of sp³-hybridized carbons (Fsp3) is 0.244. The van der Waals surface area contributed by atoms with Gasteiger partial charge in [0.2, 0.25) is 5.90 Å². The summed E-state index contributed by atoms with van der Waals surface area (Å²) in [6.45, 7) is 3.02. The molecule has 0 radical (unpaired) electrons. The largest absolute Gasteiger partial charge is 0.469 e. The lowest BCUT2D eigenvalue weighted by atomic mass is 9.98. The summed E-state index contributed by atoms with van der Waals surface area (Å²) >= 11 is 0. The molecule has 51 heavy (non-hydrogen) atoms. The van der Waals surface area contributed by atoms with Gasteiger partial charge in [-0.2, -0.15) is 13.2 Å². The highest BCUT2D eigenvalue weighted by Crippen LogP contribution is 2.29. The Bertz CT molecular complexity index is 1910. The Hall–Kier alpha value is -4.84. The molecule has 6 rings (SSSR count). The van der Waals surface area contributed by atoms with Crippen molar-refractivity contribution in [2.45, 2.75) is 62.7 Å². The van der Waals surface area contributed by atoms with E-state index < -0.39 is 34.4 Å². The van der Waals surface area contributed by atoms with Crippen LogP contribution in [0.3, 0.4) is 0 Å². The second-order valence-electron chi connectivity index (χ2n) is 12.3. The minimum absolute atomic E-state index is 0.00699. The van der Waals surface area contributed by atoms with E-state index in [0.717, 1.165) is 27.8 Å². The first-order chi connectivity index (χ1) is 24.9. The molecule has 4 atom stereocenters. The summed E-state index contributed by atoms with van der Waals surface area (Å²) < 4.78 is 59.4. The summed E-state index contributed by atoms with van der Waals surface area (Å²) in [5.41, 5.74) is 4.76. The van der Waals surface area contributed by atoms with Crippen LogP contribution >= 0.6 is 0 Å². The van der Waals surface area contributed by atoms with Crippen molar-refractivity contribution >= 4 is 15.9 Å². The predicted octanol–water partition coefficient (Wildman–Crippen LogP) is 6.96. The van der Waals surface area contributed by atoms with Crippen molar-refractivity contribution in [3.8, 4) is 0 Å². The second-order valence-corrected chi connectivity index (χ2v) is 13.9. The Morgan fingerprint density at radius 1 is 0.588 bits per heavy atom. The third-order valence-corrected chi connectivity index (χ3v) is 9.57. The van der Waals surface area contributed by atoms with Crippen LogP contribution in [0.15, 0.2) is 156 Å². The van der Waals surface area contributed by atoms with Gasteiger partial charge in [-0.05, 0) is 41.3 Å². The zero-order valence-electron chi connectivity index (χ0n) is 28.4. The van der Waals surface area contributed by atoms with Crippen LogP contribution in [-0.4, -0.2) is 45.3 Å². The van der Waals surface area contributed by atoms with Crippen LogP contribution in [0.1, 0.15) is 27.8 Å². The van der Waals surface area contributed by atoms with E-state index in [4.69, 9.17) is 23.7 Å². The molecule has 0 spiro atoms. The van der Waals surface area contributed by atoms with Crippen LogP contribution in [0.4, 0.5) is 0 Å². The number of hydrogen-bond donors (Lipinski definition) is 1. The zero-order valence-corrected chi connectivity index (χ0v) is 29.2. The maximum atomic E-state index is 13.4. The molecular formula is C41H42N2O7S. The molecule has 1 saturated heterocycles. The number of sulfonamides is 1. The average Bonchev–Trinajstić information content (AvgIpc) is 3.17. The van der Waals surface area contributed by atoms with Crippen molar-refractivity contribution in [3.05, 3.63) is 173 Å². The van der Waals surface area contributed by atoms with Crippen LogP contribution in [0.2, 0.25) is 0 Å². The Morgan fingerprint density at radius 3 is 1.55 bits per heavy atom. The third-order valence-electron chi connectivity index (χ3n) is 8.35. The molecule has 9 nitrogen and oxygen atoms in total. The fourth-order valence-corrected chi connectivity index (χ4v) is 6.43. The monoisotopic (exact) mass is 706 g/mol. The number of benzene rings is 5. The van der Waals surface area contributed by atoms with Crippen LogP contribution in [0.25, 0.3) is 0 Å². The van der Waals surface area contributed by atoms with Gasteiger partial charge in [0.1, 0.15) is 12.2 Å². The summed E-state index contributed by atoms with van der Waals surface area (Å²) in [4.78, 5) is 2.45. The van der Waals surface area contributed by atoms with Crippen molar-refractivity contribution in [2.24, 2.45) is 5.10 Å². The van der Waals surface area contributed by atoms with E-state index >= 15 is 0 Å². The van der Waals surface area contributed by atoms with Gasteiger partial charge >= 0.3 is 0 Å². The number of ether oxygens (including phenoxy) is 5. The molecule has 1 heterocycles. The molecule has 0 aromatic heterocycles. The molecule has 264 valence electrons. The normalized spacial score (nSPS) is 19.7. The first-order valence-electron chi connectivity index (χ1n) is 16.9. The Balaban J connectivity index is 1.35. The molecule has 0 bridgehead atoms. The van der Waals surface area contributed by atoms with E-state index in [2.05, 4.69) is 9.93 Å². The molecule has 5 aromatic carbocycles. The SMILES string of the molecule is Cc1ccc(S(=O)(=O)N/N=C2/O[C@H](COCc3ccccc3)[C@@H](OCc3ccccc3)[C@H](OCc3ccccc3)[C@H]2OCc2ccccc2)cc1. The Labute approximate surface area is 299 Å². The van der Waals surface area contributed by atoms with Gasteiger partial charge < -0.3 is 23.7 Å². The minimum atomic E-state index is -4.05. The van der Waals surface area contributed by atoms with Crippen LogP contribution in [-0.2, 0) is 60.1 Å². The molecule has 1 N–H and O–H groups in total. The zero-order chi connectivity index (χ0) is 35.3. The highest BCUT2D eigenvalue weighted by Gasteiger charge is 2.48. The quantitative estimate of drug-likeness (QED) is 0.111. The van der Waals surface area contributed by atoms with Gasteiger partial charge in [0.05, 0.1) is 37.9 Å². The van der Waals surface area contributed by atoms with Crippen LogP contribution in [0, 0.1) is 6.92 Å².